The Balaban J connectivity index is 3.91. The van der Waals surface area contributed by atoms with Gasteiger partial charge in [-0.1, -0.05) is 26.7 Å². The van der Waals surface area contributed by atoms with Gasteiger partial charge in [0.1, 0.15) is 0 Å². The van der Waals surface area contributed by atoms with E-state index in [0.717, 1.165) is 18.3 Å². The lowest BCUT2D eigenvalue weighted by Crippen LogP contribution is -2.36. The summed E-state index contributed by atoms with van der Waals surface area (Å²) < 4.78 is 0. The first-order valence-corrected chi connectivity index (χ1v) is 5.99. The van der Waals surface area contributed by atoms with Crippen molar-refractivity contribution in [2.24, 2.45) is 5.92 Å². The van der Waals surface area contributed by atoms with Crippen molar-refractivity contribution < 1.29 is 0 Å². The Morgan fingerprint density at radius 2 is 1.69 bits per heavy atom. The van der Waals surface area contributed by atoms with Gasteiger partial charge in [0.05, 0.1) is 0 Å². The molecule has 0 radical (unpaired) electrons. The molecule has 0 aliphatic heterocycles. The fraction of sp³-hybridized carbons (Fsp3) is 1.00. The van der Waals surface area contributed by atoms with Gasteiger partial charge in [-0.05, 0) is 19.8 Å². The lowest BCUT2D eigenvalue weighted by Gasteiger charge is -2.29. The van der Waals surface area contributed by atoms with Crippen molar-refractivity contribution >= 4 is 11.6 Å². The van der Waals surface area contributed by atoms with Crippen molar-refractivity contribution in [3.8, 4) is 0 Å². The summed E-state index contributed by atoms with van der Waals surface area (Å²) >= 11 is 5.77. The highest BCUT2D eigenvalue weighted by Gasteiger charge is 2.13. The van der Waals surface area contributed by atoms with Crippen molar-refractivity contribution in [2.45, 2.75) is 46.6 Å². The third-order valence-corrected chi connectivity index (χ3v) is 2.92. The molecule has 0 fully saturated rings. The minimum absolute atomic E-state index is 0.624. The van der Waals surface area contributed by atoms with Crippen molar-refractivity contribution in [1.29, 1.82) is 0 Å². The van der Waals surface area contributed by atoms with E-state index in [1.54, 1.807) is 0 Å². The monoisotopic (exact) mass is 205 g/mol. The summed E-state index contributed by atoms with van der Waals surface area (Å²) in [6.45, 7) is 11.3. The van der Waals surface area contributed by atoms with E-state index in [1.165, 1.54) is 19.4 Å². The van der Waals surface area contributed by atoms with E-state index in [4.69, 9.17) is 11.6 Å². The Bertz CT molecular complexity index is 111. The predicted molar refractivity (Wildman–Crippen MR) is 61.5 cm³/mol. The normalized spacial score (nSPS) is 12.0. The third-order valence-electron chi connectivity index (χ3n) is 2.75. The van der Waals surface area contributed by atoms with Gasteiger partial charge in [-0.2, -0.15) is 0 Å². The van der Waals surface area contributed by atoms with Crippen LogP contribution in [0.4, 0.5) is 0 Å². The predicted octanol–water partition coefficient (Wildman–Crippen LogP) is 3.37. The first-order chi connectivity index (χ1) is 6.15. The molecule has 0 aromatic rings. The van der Waals surface area contributed by atoms with E-state index in [2.05, 4.69) is 32.6 Å². The van der Waals surface area contributed by atoms with Gasteiger partial charge < -0.3 is 0 Å². The zero-order valence-electron chi connectivity index (χ0n) is 9.52. The third kappa shape index (κ3) is 5.53. The highest BCUT2D eigenvalue weighted by atomic mass is 35.5. The molecule has 0 aromatic carbocycles. The molecule has 0 bridgehead atoms. The van der Waals surface area contributed by atoms with Gasteiger partial charge in [0.2, 0.25) is 0 Å². The maximum atomic E-state index is 5.77. The average molecular weight is 206 g/mol. The van der Waals surface area contributed by atoms with E-state index in [0.29, 0.717) is 6.04 Å². The second-order valence-corrected chi connectivity index (χ2v) is 4.34. The summed E-state index contributed by atoms with van der Waals surface area (Å²) in [5.74, 6) is 1.59. The first-order valence-electron chi connectivity index (χ1n) is 5.45. The minimum Gasteiger partial charge on any atom is -0.299 e. The van der Waals surface area contributed by atoms with Crippen LogP contribution in [-0.4, -0.2) is 29.9 Å². The van der Waals surface area contributed by atoms with Gasteiger partial charge in [-0.3, -0.25) is 4.90 Å². The molecule has 0 heterocycles. The van der Waals surface area contributed by atoms with E-state index in [-0.39, 0.29) is 0 Å². The molecule has 0 rings (SSSR count). The molecule has 0 atom stereocenters. The molecule has 0 aromatic heterocycles. The summed E-state index contributed by atoms with van der Waals surface area (Å²) in [5.41, 5.74) is 0. The van der Waals surface area contributed by atoms with Crippen molar-refractivity contribution in [3.05, 3.63) is 0 Å². The summed E-state index contributed by atoms with van der Waals surface area (Å²) in [6.07, 6.45) is 2.56. The summed E-state index contributed by atoms with van der Waals surface area (Å²) in [7, 11) is 0. The molecule has 80 valence electrons. The summed E-state index contributed by atoms with van der Waals surface area (Å²) in [6, 6.07) is 0.624. The maximum absolute atomic E-state index is 5.77. The zero-order chi connectivity index (χ0) is 10.3. The second kappa shape index (κ2) is 7.64. The number of nitrogens with zero attached hydrogens (tertiary/aromatic N) is 1. The Morgan fingerprint density at radius 1 is 1.15 bits per heavy atom. The Morgan fingerprint density at radius 3 is 2.00 bits per heavy atom. The number of hydrogen-bond acceptors (Lipinski definition) is 1. The first kappa shape index (κ1) is 13.2. The van der Waals surface area contributed by atoms with E-state index in [1.807, 2.05) is 0 Å². The molecule has 0 unspecified atom stereocenters. The summed E-state index contributed by atoms with van der Waals surface area (Å²) in [5, 5.41) is 0. The number of hydrogen-bond donors (Lipinski definition) is 0. The molecule has 0 N–H and O–H groups in total. The highest BCUT2D eigenvalue weighted by molar-refractivity contribution is 6.18. The molecule has 0 aliphatic rings. The van der Waals surface area contributed by atoms with Crippen molar-refractivity contribution in [1.82, 2.24) is 4.90 Å². The minimum atomic E-state index is 0.624. The van der Waals surface area contributed by atoms with Crippen LogP contribution in [0.3, 0.4) is 0 Å². The number of alkyl halides is 1. The summed E-state index contributed by atoms with van der Waals surface area (Å²) in [4.78, 5) is 2.48. The van der Waals surface area contributed by atoms with Crippen LogP contribution in [-0.2, 0) is 0 Å². The molecule has 0 aliphatic carbocycles. The largest absolute Gasteiger partial charge is 0.299 e. The van der Waals surface area contributed by atoms with Gasteiger partial charge >= 0.3 is 0 Å². The van der Waals surface area contributed by atoms with E-state index < -0.39 is 0 Å². The zero-order valence-corrected chi connectivity index (χ0v) is 10.3. The smallest absolute Gasteiger partial charge is 0.0351 e. The van der Waals surface area contributed by atoms with Crippen LogP contribution in [0.15, 0.2) is 0 Å². The SMILES string of the molecule is CCC(CC)CN(CCCl)C(C)C. The van der Waals surface area contributed by atoms with E-state index in [9.17, 15) is 0 Å². The number of halogens is 1. The molecule has 13 heavy (non-hydrogen) atoms. The topological polar surface area (TPSA) is 3.24 Å². The average Bonchev–Trinajstić information content (AvgIpc) is 2.11. The molecule has 1 nitrogen and oxygen atoms in total. The molecular formula is C11H24ClN. The lowest BCUT2D eigenvalue weighted by atomic mass is 10.0. The molecule has 0 spiro atoms. The van der Waals surface area contributed by atoms with Gasteiger partial charge in [0, 0.05) is 25.0 Å². The molecule has 0 amide bonds. The van der Waals surface area contributed by atoms with Crippen molar-refractivity contribution in [2.75, 3.05) is 19.0 Å². The maximum Gasteiger partial charge on any atom is 0.0351 e. The van der Waals surface area contributed by atoms with Gasteiger partial charge in [0.25, 0.3) is 0 Å². The van der Waals surface area contributed by atoms with Crippen LogP contribution >= 0.6 is 11.6 Å². The number of rotatable bonds is 7. The van der Waals surface area contributed by atoms with Crippen LogP contribution in [0.1, 0.15) is 40.5 Å². The quantitative estimate of drug-likeness (QED) is 0.577. The Hall–Kier alpha value is 0.250. The Kier molecular flexibility index (Phi) is 7.78. The van der Waals surface area contributed by atoms with Gasteiger partial charge in [0.15, 0.2) is 0 Å². The highest BCUT2D eigenvalue weighted by Crippen LogP contribution is 2.11. The Labute approximate surface area is 88.5 Å². The van der Waals surface area contributed by atoms with Crippen molar-refractivity contribution in [3.63, 3.8) is 0 Å². The van der Waals surface area contributed by atoms with E-state index >= 15 is 0 Å². The molecule has 0 saturated carbocycles. The lowest BCUT2D eigenvalue weighted by molar-refractivity contribution is 0.192. The second-order valence-electron chi connectivity index (χ2n) is 3.96. The fourth-order valence-corrected chi connectivity index (χ4v) is 1.76. The molecule has 0 saturated heterocycles. The standard InChI is InChI=1S/C11H24ClN/c1-5-11(6-2)9-13(8-7-12)10(3)4/h10-11H,5-9H2,1-4H3. The van der Waals surface area contributed by atoms with Crippen LogP contribution in [0, 0.1) is 5.92 Å². The molecule has 2 heteroatoms. The van der Waals surface area contributed by atoms with Crippen LogP contribution < -0.4 is 0 Å². The van der Waals surface area contributed by atoms with Gasteiger partial charge in [-0.25, -0.2) is 0 Å². The fourth-order valence-electron chi connectivity index (χ4n) is 1.55. The van der Waals surface area contributed by atoms with Crippen LogP contribution in [0.25, 0.3) is 0 Å². The van der Waals surface area contributed by atoms with Crippen LogP contribution in [0.5, 0.6) is 0 Å². The van der Waals surface area contributed by atoms with Crippen LogP contribution in [0.2, 0.25) is 0 Å². The molecular weight excluding hydrogens is 182 g/mol. The van der Waals surface area contributed by atoms with Gasteiger partial charge in [-0.15, -0.1) is 11.6 Å².